The van der Waals surface area contributed by atoms with Crippen molar-refractivity contribution in [3.8, 4) is 22.6 Å². The van der Waals surface area contributed by atoms with Crippen molar-refractivity contribution in [1.29, 1.82) is 0 Å². The van der Waals surface area contributed by atoms with Crippen LogP contribution in [0.15, 0.2) is 69.1 Å². The molecule has 0 atom stereocenters. The van der Waals surface area contributed by atoms with E-state index < -0.39 is 0 Å². The van der Waals surface area contributed by atoms with Gasteiger partial charge in [0, 0.05) is 22.2 Å². The number of hydrogen-bond acceptors (Lipinski definition) is 6. The smallest absolute Gasteiger partial charge is 0.252 e. The van der Waals surface area contributed by atoms with Gasteiger partial charge in [0.2, 0.25) is 11.7 Å². The molecule has 0 amide bonds. The fourth-order valence-corrected chi connectivity index (χ4v) is 3.65. The third-order valence-corrected chi connectivity index (χ3v) is 5.35. The zero-order valence-corrected chi connectivity index (χ0v) is 17.1. The molecule has 146 valence electrons. The minimum atomic E-state index is -0.236. The summed E-state index contributed by atoms with van der Waals surface area (Å²) in [7, 11) is 0. The van der Waals surface area contributed by atoms with Crippen molar-refractivity contribution in [2.75, 3.05) is 0 Å². The molecule has 8 heteroatoms. The van der Waals surface area contributed by atoms with Crippen LogP contribution in [-0.2, 0) is 12.2 Å². The quantitative estimate of drug-likeness (QED) is 0.346. The van der Waals surface area contributed by atoms with Crippen molar-refractivity contribution in [2.24, 2.45) is 0 Å². The average molecular weight is 425 g/mol. The number of rotatable bonds is 6. The fourth-order valence-electron chi connectivity index (χ4n) is 2.75. The van der Waals surface area contributed by atoms with Gasteiger partial charge in [0.15, 0.2) is 5.16 Å². The molecular formula is C21H17ClN4O2S. The minimum absolute atomic E-state index is 0.236. The molecule has 29 heavy (non-hydrogen) atoms. The van der Waals surface area contributed by atoms with Gasteiger partial charge in [0.05, 0.1) is 11.4 Å². The first-order chi connectivity index (χ1) is 14.1. The topological polar surface area (TPSA) is 84.7 Å². The molecule has 0 fully saturated rings. The number of aryl methyl sites for hydroxylation is 1. The number of benzene rings is 2. The molecular weight excluding hydrogens is 408 g/mol. The van der Waals surface area contributed by atoms with Crippen molar-refractivity contribution < 1.29 is 4.52 Å². The number of H-pyrrole nitrogens is 1. The number of nitrogens with zero attached hydrogens (tertiary/aromatic N) is 3. The molecule has 0 aliphatic carbocycles. The number of halogens is 1. The molecule has 0 unspecified atom stereocenters. The van der Waals surface area contributed by atoms with E-state index in [0.29, 0.717) is 33.3 Å². The van der Waals surface area contributed by atoms with Gasteiger partial charge in [0.25, 0.3) is 5.56 Å². The SMILES string of the molecule is CCc1ccc(-c2noc(CSc3nc(-c4cccc(Cl)c4)cc(=O)[nH]3)n2)cc1. The summed E-state index contributed by atoms with van der Waals surface area (Å²) in [5.41, 5.74) is 3.25. The molecule has 4 aromatic rings. The number of hydrogen-bond donors (Lipinski definition) is 1. The van der Waals surface area contributed by atoms with E-state index in [9.17, 15) is 4.79 Å². The molecule has 2 aromatic heterocycles. The van der Waals surface area contributed by atoms with E-state index in [2.05, 4.69) is 39.2 Å². The molecule has 0 bridgehead atoms. The van der Waals surface area contributed by atoms with Crippen LogP contribution in [0.1, 0.15) is 18.4 Å². The van der Waals surface area contributed by atoms with Crippen molar-refractivity contribution in [3.63, 3.8) is 0 Å². The van der Waals surface area contributed by atoms with Crippen LogP contribution in [-0.4, -0.2) is 20.1 Å². The molecule has 6 nitrogen and oxygen atoms in total. The van der Waals surface area contributed by atoms with Gasteiger partial charge in [0.1, 0.15) is 0 Å². The van der Waals surface area contributed by atoms with Gasteiger partial charge in [-0.05, 0) is 24.1 Å². The van der Waals surface area contributed by atoms with Gasteiger partial charge in [-0.3, -0.25) is 4.79 Å². The van der Waals surface area contributed by atoms with E-state index in [0.717, 1.165) is 17.5 Å². The Balaban J connectivity index is 1.49. The molecule has 0 aliphatic rings. The Morgan fingerprint density at radius 2 is 1.90 bits per heavy atom. The second-order valence-electron chi connectivity index (χ2n) is 6.30. The molecule has 0 saturated carbocycles. The monoisotopic (exact) mass is 424 g/mol. The van der Waals surface area contributed by atoms with Crippen LogP contribution in [0, 0.1) is 0 Å². The lowest BCUT2D eigenvalue weighted by Gasteiger charge is -2.03. The summed E-state index contributed by atoms with van der Waals surface area (Å²) < 4.78 is 5.34. The van der Waals surface area contributed by atoms with Crippen molar-refractivity contribution >= 4 is 23.4 Å². The zero-order chi connectivity index (χ0) is 20.2. The van der Waals surface area contributed by atoms with E-state index >= 15 is 0 Å². The lowest BCUT2D eigenvalue weighted by molar-refractivity contribution is 0.391. The molecule has 2 aromatic carbocycles. The molecule has 0 spiro atoms. The highest BCUT2D eigenvalue weighted by molar-refractivity contribution is 7.98. The van der Waals surface area contributed by atoms with Gasteiger partial charge < -0.3 is 9.51 Å². The summed E-state index contributed by atoms with van der Waals surface area (Å²) in [6.45, 7) is 2.11. The predicted octanol–water partition coefficient (Wildman–Crippen LogP) is 5.00. The molecule has 1 N–H and O–H groups in total. The molecule has 0 radical (unpaired) electrons. The highest BCUT2D eigenvalue weighted by Crippen LogP contribution is 2.24. The second kappa shape index (κ2) is 8.63. The van der Waals surface area contributed by atoms with Crippen LogP contribution in [0.3, 0.4) is 0 Å². The predicted molar refractivity (Wildman–Crippen MR) is 114 cm³/mol. The summed E-state index contributed by atoms with van der Waals surface area (Å²) in [5.74, 6) is 1.39. The first-order valence-corrected chi connectivity index (χ1v) is 10.4. The number of aromatic amines is 1. The maximum Gasteiger partial charge on any atom is 0.252 e. The van der Waals surface area contributed by atoms with Gasteiger partial charge in [-0.25, -0.2) is 4.98 Å². The Hall–Kier alpha value is -2.90. The number of aromatic nitrogens is 4. The normalized spacial score (nSPS) is 11.0. The van der Waals surface area contributed by atoms with E-state index in [1.807, 2.05) is 24.3 Å². The Morgan fingerprint density at radius 3 is 2.66 bits per heavy atom. The maximum atomic E-state index is 12.0. The standard InChI is InChI=1S/C21H17ClN4O2S/c1-2-13-6-8-14(9-7-13)20-25-19(28-26-20)12-29-21-23-17(11-18(27)24-21)15-4-3-5-16(22)10-15/h3-11H,2,12H2,1H3,(H,23,24,27). The summed E-state index contributed by atoms with van der Waals surface area (Å²) >= 11 is 7.36. The highest BCUT2D eigenvalue weighted by Gasteiger charge is 2.11. The lowest BCUT2D eigenvalue weighted by atomic mass is 10.1. The third-order valence-electron chi connectivity index (χ3n) is 4.26. The van der Waals surface area contributed by atoms with Gasteiger partial charge >= 0.3 is 0 Å². The van der Waals surface area contributed by atoms with Crippen LogP contribution in [0.2, 0.25) is 5.02 Å². The van der Waals surface area contributed by atoms with Gasteiger partial charge in [-0.15, -0.1) is 0 Å². The fraction of sp³-hybridized carbons (Fsp3) is 0.143. The van der Waals surface area contributed by atoms with Crippen LogP contribution >= 0.6 is 23.4 Å². The summed E-state index contributed by atoms with van der Waals surface area (Å²) in [4.78, 5) is 23.7. The summed E-state index contributed by atoms with van der Waals surface area (Å²) in [6, 6.07) is 16.7. The van der Waals surface area contributed by atoms with Crippen molar-refractivity contribution in [3.05, 3.63) is 81.4 Å². The van der Waals surface area contributed by atoms with E-state index in [-0.39, 0.29) is 5.56 Å². The van der Waals surface area contributed by atoms with Crippen LogP contribution in [0.25, 0.3) is 22.6 Å². The molecule has 4 rings (SSSR count). The molecule has 0 saturated heterocycles. The second-order valence-corrected chi connectivity index (χ2v) is 7.70. The number of thioether (sulfide) groups is 1. The summed E-state index contributed by atoms with van der Waals surface area (Å²) in [6.07, 6.45) is 0.980. The zero-order valence-electron chi connectivity index (χ0n) is 15.6. The first-order valence-electron chi connectivity index (χ1n) is 9.02. The van der Waals surface area contributed by atoms with Crippen molar-refractivity contribution in [1.82, 2.24) is 20.1 Å². The molecule has 0 aliphatic heterocycles. The van der Waals surface area contributed by atoms with Crippen LogP contribution < -0.4 is 5.56 Å². The number of nitrogens with one attached hydrogen (secondary N) is 1. The van der Waals surface area contributed by atoms with E-state index in [1.54, 1.807) is 12.1 Å². The Morgan fingerprint density at radius 1 is 1.07 bits per heavy atom. The minimum Gasteiger partial charge on any atom is -0.338 e. The average Bonchev–Trinajstić information content (AvgIpc) is 3.21. The Bertz CT molecular complexity index is 1190. The first kappa shape index (κ1) is 19.4. The van der Waals surface area contributed by atoms with E-state index in [1.165, 1.54) is 23.4 Å². The van der Waals surface area contributed by atoms with Gasteiger partial charge in [-0.2, -0.15) is 4.98 Å². The van der Waals surface area contributed by atoms with Crippen LogP contribution in [0.4, 0.5) is 0 Å². The van der Waals surface area contributed by atoms with Gasteiger partial charge in [-0.1, -0.05) is 71.8 Å². The summed E-state index contributed by atoms with van der Waals surface area (Å²) in [5, 5.41) is 5.10. The maximum absolute atomic E-state index is 12.0. The Kier molecular flexibility index (Phi) is 5.78. The third kappa shape index (κ3) is 4.75. The highest BCUT2D eigenvalue weighted by atomic mass is 35.5. The Labute approximate surface area is 176 Å². The van der Waals surface area contributed by atoms with Crippen molar-refractivity contribution in [2.45, 2.75) is 24.3 Å². The lowest BCUT2D eigenvalue weighted by Crippen LogP contribution is -2.08. The molecule has 2 heterocycles. The largest absolute Gasteiger partial charge is 0.338 e. The van der Waals surface area contributed by atoms with Crippen LogP contribution in [0.5, 0.6) is 0 Å². The van der Waals surface area contributed by atoms with E-state index in [4.69, 9.17) is 16.1 Å².